The highest BCUT2D eigenvalue weighted by Crippen LogP contribution is 2.24. The molecule has 0 saturated heterocycles. The highest BCUT2D eigenvalue weighted by molar-refractivity contribution is 6.28. The van der Waals surface area contributed by atoms with E-state index in [-0.39, 0.29) is 29.7 Å². The van der Waals surface area contributed by atoms with Crippen LogP contribution in [0.2, 0.25) is 0 Å². The van der Waals surface area contributed by atoms with E-state index in [1.807, 2.05) is 6.07 Å². The SMILES string of the molecule is O=C1C=CC(=O)N1C1CCCCC1.O=C1C=CC(=O)N1c1ccccc1. The van der Waals surface area contributed by atoms with Gasteiger partial charge in [-0.3, -0.25) is 24.1 Å². The minimum atomic E-state index is -0.281. The first-order chi connectivity index (χ1) is 12.6. The van der Waals surface area contributed by atoms with E-state index in [4.69, 9.17) is 0 Å². The van der Waals surface area contributed by atoms with Gasteiger partial charge in [-0.1, -0.05) is 37.5 Å². The Labute approximate surface area is 151 Å². The van der Waals surface area contributed by atoms with Crippen molar-refractivity contribution in [3.63, 3.8) is 0 Å². The molecule has 6 heteroatoms. The molecular formula is C20H20N2O4. The number of hydrogen-bond donors (Lipinski definition) is 0. The van der Waals surface area contributed by atoms with Crippen molar-refractivity contribution >= 4 is 29.3 Å². The van der Waals surface area contributed by atoms with Crippen LogP contribution in [0.15, 0.2) is 54.6 Å². The maximum absolute atomic E-state index is 11.3. The van der Waals surface area contributed by atoms with Gasteiger partial charge in [0.05, 0.1) is 5.69 Å². The third-order valence-electron chi connectivity index (χ3n) is 4.61. The zero-order valence-corrected chi connectivity index (χ0v) is 14.3. The average Bonchev–Trinajstić information content (AvgIpc) is 3.18. The fourth-order valence-corrected chi connectivity index (χ4v) is 3.34. The summed E-state index contributed by atoms with van der Waals surface area (Å²) in [6.07, 6.45) is 10.8. The van der Waals surface area contributed by atoms with Crippen LogP contribution in [0.1, 0.15) is 32.1 Å². The summed E-state index contributed by atoms with van der Waals surface area (Å²) in [6.45, 7) is 0. The lowest BCUT2D eigenvalue weighted by molar-refractivity contribution is -0.140. The molecule has 0 spiro atoms. The van der Waals surface area contributed by atoms with Gasteiger partial charge in [-0.2, -0.15) is 0 Å². The molecule has 134 valence electrons. The number of anilines is 1. The molecule has 4 amide bonds. The number of amides is 4. The van der Waals surface area contributed by atoms with E-state index in [1.165, 1.54) is 35.6 Å². The van der Waals surface area contributed by atoms with E-state index in [0.717, 1.165) is 30.6 Å². The summed E-state index contributed by atoms with van der Waals surface area (Å²) in [5.41, 5.74) is 0.613. The fraction of sp³-hybridized carbons (Fsp3) is 0.300. The van der Waals surface area contributed by atoms with E-state index in [2.05, 4.69) is 0 Å². The smallest absolute Gasteiger partial charge is 0.258 e. The number of para-hydroxylation sites is 1. The number of imide groups is 2. The third kappa shape index (κ3) is 3.79. The second-order valence-corrected chi connectivity index (χ2v) is 6.35. The lowest BCUT2D eigenvalue weighted by atomic mass is 9.94. The van der Waals surface area contributed by atoms with Gasteiger partial charge in [-0.15, -0.1) is 0 Å². The van der Waals surface area contributed by atoms with Crippen molar-refractivity contribution in [3.05, 3.63) is 54.6 Å². The molecule has 0 unspecified atom stereocenters. The molecule has 0 N–H and O–H groups in total. The minimum absolute atomic E-state index is 0.128. The number of benzene rings is 1. The number of carbonyl (C=O) groups excluding carboxylic acids is 4. The Bertz CT molecular complexity index is 740. The number of rotatable bonds is 2. The molecule has 0 atom stereocenters. The minimum Gasteiger partial charge on any atom is -0.272 e. The molecule has 3 aliphatic rings. The van der Waals surface area contributed by atoms with Gasteiger partial charge in [0.25, 0.3) is 23.6 Å². The van der Waals surface area contributed by atoms with Crippen molar-refractivity contribution in [2.24, 2.45) is 0 Å². The first kappa shape index (κ1) is 17.8. The summed E-state index contributed by atoms with van der Waals surface area (Å²) in [6, 6.07) is 9.03. The van der Waals surface area contributed by atoms with Gasteiger partial charge >= 0.3 is 0 Å². The van der Waals surface area contributed by atoms with Crippen LogP contribution in [0, 0.1) is 0 Å². The van der Waals surface area contributed by atoms with Gasteiger partial charge in [0.15, 0.2) is 0 Å². The Morgan fingerprint density at radius 1 is 0.654 bits per heavy atom. The maximum Gasteiger partial charge on any atom is 0.258 e. The molecule has 2 heterocycles. The van der Waals surface area contributed by atoms with Gasteiger partial charge in [-0.25, -0.2) is 4.90 Å². The lowest BCUT2D eigenvalue weighted by Crippen LogP contribution is -2.41. The normalized spacial score (nSPS) is 20.0. The molecule has 2 aliphatic heterocycles. The van der Waals surface area contributed by atoms with E-state index >= 15 is 0 Å². The molecular weight excluding hydrogens is 332 g/mol. The molecule has 1 aromatic rings. The Hall–Kier alpha value is -3.02. The summed E-state index contributed by atoms with van der Waals surface area (Å²) in [5.74, 6) is -0.818. The predicted molar refractivity (Wildman–Crippen MR) is 95.9 cm³/mol. The molecule has 6 nitrogen and oxygen atoms in total. The van der Waals surface area contributed by atoms with Crippen LogP contribution in [0.25, 0.3) is 0 Å². The topological polar surface area (TPSA) is 74.8 Å². The Kier molecular flexibility index (Phi) is 5.41. The van der Waals surface area contributed by atoms with Crippen molar-refractivity contribution < 1.29 is 19.2 Å². The second-order valence-electron chi connectivity index (χ2n) is 6.35. The summed E-state index contributed by atoms with van der Waals surface area (Å²) in [4.78, 5) is 47.6. The Balaban J connectivity index is 0.000000151. The van der Waals surface area contributed by atoms with Crippen LogP contribution in [-0.4, -0.2) is 34.6 Å². The number of carbonyl (C=O) groups is 4. The first-order valence-corrected chi connectivity index (χ1v) is 8.74. The lowest BCUT2D eigenvalue weighted by Gasteiger charge is -2.29. The maximum atomic E-state index is 11.3. The zero-order chi connectivity index (χ0) is 18.5. The predicted octanol–water partition coefficient (Wildman–Crippen LogP) is 2.36. The largest absolute Gasteiger partial charge is 0.272 e. The van der Waals surface area contributed by atoms with E-state index in [1.54, 1.807) is 24.3 Å². The monoisotopic (exact) mass is 352 g/mol. The molecule has 0 radical (unpaired) electrons. The van der Waals surface area contributed by atoms with E-state index in [0.29, 0.717) is 5.69 Å². The molecule has 1 aromatic carbocycles. The number of nitrogens with zero attached hydrogens (tertiary/aromatic N) is 2. The van der Waals surface area contributed by atoms with Crippen LogP contribution < -0.4 is 4.90 Å². The van der Waals surface area contributed by atoms with Crippen molar-refractivity contribution in [1.29, 1.82) is 0 Å². The molecule has 4 rings (SSSR count). The van der Waals surface area contributed by atoms with Gasteiger partial charge < -0.3 is 0 Å². The summed E-state index contributed by atoms with van der Waals surface area (Å²) in [7, 11) is 0. The van der Waals surface area contributed by atoms with Crippen molar-refractivity contribution in [1.82, 2.24) is 4.90 Å². The zero-order valence-electron chi connectivity index (χ0n) is 14.3. The van der Waals surface area contributed by atoms with Crippen molar-refractivity contribution in [3.8, 4) is 0 Å². The van der Waals surface area contributed by atoms with Crippen LogP contribution in [0.5, 0.6) is 0 Å². The van der Waals surface area contributed by atoms with Crippen LogP contribution >= 0.6 is 0 Å². The van der Waals surface area contributed by atoms with E-state index in [9.17, 15) is 19.2 Å². The third-order valence-corrected chi connectivity index (χ3v) is 4.61. The summed E-state index contributed by atoms with van der Waals surface area (Å²) < 4.78 is 0. The second kappa shape index (κ2) is 7.91. The fourth-order valence-electron chi connectivity index (χ4n) is 3.34. The molecule has 26 heavy (non-hydrogen) atoms. The van der Waals surface area contributed by atoms with E-state index < -0.39 is 0 Å². The molecule has 0 aromatic heterocycles. The Morgan fingerprint density at radius 3 is 1.69 bits per heavy atom. The first-order valence-electron chi connectivity index (χ1n) is 8.74. The van der Waals surface area contributed by atoms with Crippen LogP contribution in [-0.2, 0) is 19.2 Å². The molecule has 1 aliphatic carbocycles. The highest BCUT2D eigenvalue weighted by atomic mass is 16.2. The summed E-state index contributed by atoms with van der Waals surface area (Å²) in [5, 5.41) is 0. The average molecular weight is 352 g/mol. The molecule has 0 bridgehead atoms. The highest BCUT2D eigenvalue weighted by Gasteiger charge is 2.31. The quantitative estimate of drug-likeness (QED) is 0.766. The molecule has 1 saturated carbocycles. The van der Waals surface area contributed by atoms with Gasteiger partial charge in [0.2, 0.25) is 0 Å². The van der Waals surface area contributed by atoms with Crippen molar-refractivity contribution in [2.75, 3.05) is 4.90 Å². The van der Waals surface area contributed by atoms with Gasteiger partial charge in [-0.05, 0) is 25.0 Å². The number of hydrogen-bond acceptors (Lipinski definition) is 4. The van der Waals surface area contributed by atoms with Gasteiger partial charge in [0, 0.05) is 30.3 Å². The summed E-state index contributed by atoms with van der Waals surface area (Å²) >= 11 is 0. The van der Waals surface area contributed by atoms with Crippen molar-refractivity contribution in [2.45, 2.75) is 38.1 Å². The van der Waals surface area contributed by atoms with Crippen LogP contribution in [0.3, 0.4) is 0 Å². The van der Waals surface area contributed by atoms with Gasteiger partial charge in [0.1, 0.15) is 0 Å². The van der Waals surface area contributed by atoms with Crippen LogP contribution in [0.4, 0.5) is 5.69 Å². The standard InChI is InChI=1S/C10H13NO2.C10H7NO2/c2*12-9-6-7-10(13)11(9)8-4-2-1-3-5-8/h6-8H,1-5H2;1-7H. The molecule has 1 fully saturated rings. The Morgan fingerprint density at radius 2 is 1.15 bits per heavy atom.